The third-order valence-corrected chi connectivity index (χ3v) is 3.00. The van der Waals surface area contributed by atoms with E-state index < -0.39 is 18.1 Å². The lowest BCUT2D eigenvalue weighted by Crippen LogP contribution is -2.40. The Balaban J connectivity index is 2.97. The molecule has 4 nitrogen and oxygen atoms in total. The van der Waals surface area contributed by atoms with Gasteiger partial charge in [0.15, 0.2) is 6.04 Å². The molecule has 0 aliphatic carbocycles. The second kappa shape index (κ2) is 6.40. The van der Waals surface area contributed by atoms with Crippen molar-refractivity contribution in [3.8, 4) is 0 Å². The largest absolute Gasteiger partial charge is 0.480 e. The monoisotopic (exact) mass is 251 g/mol. The molecule has 1 rings (SSSR count). The lowest BCUT2D eigenvalue weighted by molar-refractivity contribution is -0.140. The molecule has 0 bridgehead atoms. The number of anilines is 1. The molecule has 2 N–H and O–H groups in total. The molecule has 0 spiro atoms. The molecule has 0 aromatic heterocycles. The quantitative estimate of drug-likeness (QED) is 0.816. The minimum atomic E-state index is -0.914. The van der Waals surface area contributed by atoms with E-state index >= 15 is 0 Å². The lowest BCUT2D eigenvalue weighted by atomic mass is 10.0. The van der Waals surface area contributed by atoms with Crippen molar-refractivity contribution in [1.29, 1.82) is 0 Å². The van der Waals surface area contributed by atoms with Crippen LogP contribution in [-0.2, 0) is 9.53 Å². The molecule has 1 aromatic rings. The summed E-state index contributed by atoms with van der Waals surface area (Å²) in [7, 11) is 1.51. The van der Waals surface area contributed by atoms with E-state index in [0.29, 0.717) is 5.92 Å². The van der Waals surface area contributed by atoms with E-state index in [-0.39, 0.29) is 0 Å². The SMILES string of the molecule is COC(C)C(Nc1ccccc1C(C)C)C(=O)O. The van der Waals surface area contributed by atoms with Crippen molar-refractivity contribution >= 4 is 11.7 Å². The van der Waals surface area contributed by atoms with Crippen LogP contribution in [0.3, 0.4) is 0 Å². The molecule has 2 atom stereocenters. The maximum absolute atomic E-state index is 11.2. The molecule has 1 aromatic carbocycles. The minimum absolute atomic E-state index is 0.334. The Morgan fingerprint density at radius 1 is 1.28 bits per heavy atom. The van der Waals surface area contributed by atoms with Crippen LogP contribution in [0.15, 0.2) is 24.3 Å². The molecular formula is C14H21NO3. The summed E-state index contributed by atoms with van der Waals surface area (Å²) in [4.78, 5) is 11.2. The predicted molar refractivity (Wildman–Crippen MR) is 72.0 cm³/mol. The van der Waals surface area contributed by atoms with Gasteiger partial charge in [-0.25, -0.2) is 4.79 Å². The Kier molecular flexibility index (Phi) is 5.16. The molecule has 0 amide bonds. The Morgan fingerprint density at radius 3 is 2.39 bits per heavy atom. The van der Waals surface area contributed by atoms with Crippen LogP contribution in [-0.4, -0.2) is 30.3 Å². The number of carboxylic acid groups (broad SMARTS) is 1. The number of hydrogen-bond acceptors (Lipinski definition) is 3. The van der Waals surface area contributed by atoms with E-state index in [1.54, 1.807) is 6.92 Å². The average molecular weight is 251 g/mol. The number of para-hydroxylation sites is 1. The summed E-state index contributed by atoms with van der Waals surface area (Å²) < 4.78 is 5.10. The van der Waals surface area contributed by atoms with Gasteiger partial charge < -0.3 is 15.2 Å². The Bertz CT molecular complexity index is 404. The number of nitrogens with one attached hydrogen (secondary N) is 1. The van der Waals surface area contributed by atoms with E-state index in [0.717, 1.165) is 11.3 Å². The second-order valence-electron chi connectivity index (χ2n) is 4.64. The highest BCUT2D eigenvalue weighted by atomic mass is 16.5. The zero-order valence-corrected chi connectivity index (χ0v) is 11.3. The van der Waals surface area contributed by atoms with E-state index in [2.05, 4.69) is 19.2 Å². The van der Waals surface area contributed by atoms with Gasteiger partial charge in [-0.3, -0.25) is 0 Å². The third-order valence-electron chi connectivity index (χ3n) is 3.00. The number of carboxylic acids is 1. The molecule has 0 saturated heterocycles. The Labute approximate surface area is 108 Å². The number of ether oxygens (including phenoxy) is 1. The molecule has 18 heavy (non-hydrogen) atoms. The number of methoxy groups -OCH3 is 1. The van der Waals surface area contributed by atoms with Crippen LogP contribution in [0.5, 0.6) is 0 Å². The van der Waals surface area contributed by atoms with Crippen LogP contribution in [0.1, 0.15) is 32.3 Å². The number of benzene rings is 1. The predicted octanol–water partition coefficient (Wildman–Crippen LogP) is 2.71. The van der Waals surface area contributed by atoms with Gasteiger partial charge in [0, 0.05) is 12.8 Å². The molecule has 100 valence electrons. The standard InChI is InChI=1S/C14H21NO3/c1-9(2)11-7-5-6-8-12(11)15-13(14(16)17)10(3)18-4/h5-10,13,15H,1-4H3,(H,16,17). The fraction of sp³-hybridized carbons (Fsp3) is 0.500. The van der Waals surface area contributed by atoms with Crippen molar-refractivity contribution in [1.82, 2.24) is 0 Å². The van der Waals surface area contributed by atoms with Crippen LogP contribution in [0.25, 0.3) is 0 Å². The van der Waals surface area contributed by atoms with Gasteiger partial charge in [-0.15, -0.1) is 0 Å². The van der Waals surface area contributed by atoms with Crippen molar-refractivity contribution in [2.45, 2.75) is 38.8 Å². The summed E-state index contributed by atoms with van der Waals surface area (Å²) in [6.07, 6.45) is -0.400. The van der Waals surface area contributed by atoms with Crippen LogP contribution >= 0.6 is 0 Å². The van der Waals surface area contributed by atoms with Gasteiger partial charge in [0.05, 0.1) is 6.10 Å². The Morgan fingerprint density at radius 2 is 1.89 bits per heavy atom. The van der Waals surface area contributed by atoms with Gasteiger partial charge in [-0.1, -0.05) is 32.0 Å². The van der Waals surface area contributed by atoms with Gasteiger partial charge in [-0.05, 0) is 24.5 Å². The highest BCUT2D eigenvalue weighted by molar-refractivity contribution is 5.78. The first kappa shape index (κ1) is 14.5. The lowest BCUT2D eigenvalue weighted by Gasteiger charge is -2.23. The number of rotatable bonds is 6. The summed E-state index contributed by atoms with van der Waals surface area (Å²) in [5, 5.41) is 12.3. The normalized spacial score (nSPS) is 14.3. The van der Waals surface area contributed by atoms with Gasteiger partial charge in [0.2, 0.25) is 0 Å². The van der Waals surface area contributed by atoms with Crippen LogP contribution in [0, 0.1) is 0 Å². The first-order valence-corrected chi connectivity index (χ1v) is 6.08. The van der Waals surface area contributed by atoms with Gasteiger partial charge in [0.1, 0.15) is 0 Å². The van der Waals surface area contributed by atoms with E-state index in [4.69, 9.17) is 4.74 Å². The average Bonchev–Trinajstić information content (AvgIpc) is 2.34. The number of hydrogen-bond donors (Lipinski definition) is 2. The highest BCUT2D eigenvalue weighted by Gasteiger charge is 2.25. The molecule has 0 heterocycles. The molecule has 4 heteroatoms. The summed E-state index contributed by atoms with van der Waals surface area (Å²) >= 11 is 0. The second-order valence-corrected chi connectivity index (χ2v) is 4.64. The fourth-order valence-electron chi connectivity index (χ4n) is 1.82. The first-order chi connectivity index (χ1) is 8.47. The summed E-state index contributed by atoms with van der Waals surface area (Å²) in [6.45, 7) is 5.90. The van der Waals surface area contributed by atoms with Crippen molar-refractivity contribution in [3.05, 3.63) is 29.8 Å². The van der Waals surface area contributed by atoms with Crippen LogP contribution in [0.4, 0.5) is 5.69 Å². The highest BCUT2D eigenvalue weighted by Crippen LogP contribution is 2.24. The maximum atomic E-state index is 11.2. The molecule has 2 unspecified atom stereocenters. The van der Waals surface area contributed by atoms with E-state index in [9.17, 15) is 9.90 Å². The Hall–Kier alpha value is -1.55. The molecular weight excluding hydrogens is 230 g/mol. The van der Waals surface area contributed by atoms with E-state index in [1.807, 2.05) is 24.3 Å². The molecule has 0 aliphatic heterocycles. The third kappa shape index (κ3) is 3.47. The van der Waals surface area contributed by atoms with Gasteiger partial charge in [0.25, 0.3) is 0 Å². The fourth-order valence-corrected chi connectivity index (χ4v) is 1.82. The first-order valence-electron chi connectivity index (χ1n) is 6.08. The van der Waals surface area contributed by atoms with Crippen LogP contribution in [0.2, 0.25) is 0 Å². The summed E-state index contributed by atoms with van der Waals surface area (Å²) in [5.41, 5.74) is 1.95. The van der Waals surface area contributed by atoms with Crippen LogP contribution < -0.4 is 5.32 Å². The van der Waals surface area contributed by atoms with Gasteiger partial charge in [-0.2, -0.15) is 0 Å². The smallest absolute Gasteiger partial charge is 0.328 e. The molecule has 0 fully saturated rings. The van der Waals surface area contributed by atoms with Gasteiger partial charge >= 0.3 is 5.97 Å². The van der Waals surface area contributed by atoms with Crippen molar-refractivity contribution < 1.29 is 14.6 Å². The topological polar surface area (TPSA) is 58.6 Å². The number of aliphatic carboxylic acids is 1. The maximum Gasteiger partial charge on any atom is 0.328 e. The van der Waals surface area contributed by atoms with Crippen molar-refractivity contribution in [2.75, 3.05) is 12.4 Å². The number of carbonyl (C=O) groups is 1. The molecule has 0 saturated carbocycles. The molecule has 0 aliphatic rings. The molecule has 0 radical (unpaired) electrons. The van der Waals surface area contributed by atoms with Crippen molar-refractivity contribution in [2.24, 2.45) is 0 Å². The zero-order chi connectivity index (χ0) is 13.7. The zero-order valence-electron chi connectivity index (χ0n) is 11.3. The summed E-state index contributed by atoms with van der Waals surface area (Å²) in [6, 6.07) is 6.99. The van der Waals surface area contributed by atoms with E-state index in [1.165, 1.54) is 7.11 Å². The minimum Gasteiger partial charge on any atom is -0.480 e. The van der Waals surface area contributed by atoms with Crippen molar-refractivity contribution in [3.63, 3.8) is 0 Å². The summed E-state index contributed by atoms with van der Waals surface area (Å²) in [5.74, 6) is -0.580.